The average molecular weight is 364 g/mol. The summed E-state index contributed by atoms with van der Waals surface area (Å²) < 4.78 is 8.04. The van der Waals surface area contributed by atoms with Gasteiger partial charge in [-0.3, -0.25) is 0 Å². The van der Waals surface area contributed by atoms with E-state index in [1.807, 2.05) is 27.0 Å². The normalized spacial score (nSPS) is 32.4. The van der Waals surface area contributed by atoms with Gasteiger partial charge in [0.05, 0.1) is 0 Å². The number of carbonyl (C=O) groups excluding carboxylic acids is 1. The van der Waals surface area contributed by atoms with E-state index in [4.69, 9.17) is 4.74 Å². The molecule has 4 heteroatoms. The second-order valence-electron chi connectivity index (χ2n) is 6.67. The fourth-order valence-electron chi connectivity index (χ4n) is 2.81. The smallest absolute Gasteiger partial charge is 0.406 e. The minimum atomic E-state index is -0.402. The van der Waals surface area contributed by atoms with Gasteiger partial charge in [-0.05, 0) is 46.5 Å². The molecule has 1 amide bonds. The first kappa shape index (κ1) is 14.3. The van der Waals surface area contributed by atoms with Crippen LogP contribution >= 0.6 is 22.6 Å². The van der Waals surface area contributed by atoms with Crippen LogP contribution in [0.4, 0.5) is 4.79 Å². The van der Waals surface area contributed by atoms with Crippen molar-refractivity contribution in [3.63, 3.8) is 0 Å². The molecule has 1 aliphatic heterocycles. The number of hydrogen-bond donors (Lipinski definition) is 0. The molecule has 1 heterocycles. The van der Waals surface area contributed by atoms with Crippen LogP contribution in [0.25, 0.3) is 0 Å². The summed E-state index contributed by atoms with van der Waals surface area (Å²) in [6.45, 7) is 6.60. The minimum absolute atomic E-state index is 0.184. The summed E-state index contributed by atoms with van der Waals surface area (Å²) in [7, 11) is 0. The summed E-state index contributed by atoms with van der Waals surface area (Å²) in [5.41, 5.74) is -0.0564. The SMILES string of the molecule is CC(C)(C)OC(=O)[N+]1=CCC2(CCC(I)CC2)C1. The Balaban J connectivity index is 1.93. The van der Waals surface area contributed by atoms with Crippen molar-refractivity contribution in [2.75, 3.05) is 6.54 Å². The lowest BCUT2D eigenvalue weighted by molar-refractivity contribution is -0.452. The van der Waals surface area contributed by atoms with Crippen molar-refractivity contribution in [2.45, 2.75) is 62.4 Å². The Labute approximate surface area is 123 Å². The Morgan fingerprint density at radius 1 is 1.39 bits per heavy atom. The van der Waals surface area contributed by atoms with Crippen LogP contribution in [0.5, 0.6) is 0 Å². The van der Waals surface area contributed by atoms with Crippen molar-refractivity contribution in [3.8, 4) is 0 Å². The van der Waals surface area contributed by atoms with Crippen molar-refractivity contribution < 1.29 is 14.1 Å². The molecule has 0 radical (unpaired) electrons. The van der Waals surface area contributed by atoms with E-state index in [-0.39, 0.29) is 6.09 Å². The lowest BCUT2D eigenvalue weighted by Gasteiger charge is -2.32. The lowest BCUT2D eigenvalue weighted by atomic mass is 9.73. The number of alkyl halides is 1. The summed E-state index contributed by atoms with van der Waals surface area (Å²) in [6.07, 6.45) is 7.97. The topological polar surface area (TPSA) is 29.3 Å². The summed E-state index contributed by atoms with van der Waals surface area (Å²) >= 11 is 2.55. The predicted molar refractivity (Wildman–Crippen MR) is 80.8 cm³/mol. The van der Waals surface area contributed by atoms with E-state index < -0.39 is 5.60 Å². The molecule has 2 rings (SSSR count). The van der Waals surface area contributed by atoms with E-state index in [1.165, 1.54) is 25.7 Å². The van der Waals surface area contributed by atoms with Crippen LogP contribution in [0.3, 0.4) is 0 Å². The van der Waals surface area contributed by atoms with Crippen LogP contribution in [-0.4, -0.2) is 33.0 Å². The van der Waals surface area contributed by atoms with Gasteiger partial charge in [-0.15, -0.1) is 4.58 Å². The molecule has 0 bridgehead atoms. The maximum atomic E-state index is 12.0. The molecular formula is C14H23INO2+. The van der Waals surface area contributed by atoms with Gasteiger partial charge in [0.2, 0.25) is 0 Å². The van der Waals surface area contributed by atoms with Gasteiger partial charge in [0.15, 0.2) is 12.8 Å². The van der Waals surface area contributed by atoms with Crippen LogP contribution in [0, 0.1) is 5.41 Å². The number of halogens is 1. The van der Waals surface area contributed by atoms with E-state index in [0.29, 0.717) is 5.41 Å². The Hall–Kier alpha value is -0.130. The highest BCUT2D eigenvalue weighted by Gasteiger charge is 2.45. The van der Waals surface area contributed by atoms with Gasteiger partial charge in [0.25, 0.3) is 0 Å². The molecule has 2 aliphatic rings. The number of ether oxygens (including phenoxy) is 1. The number of carbonyl (C=O) groups is 1. The molecule has 18 heavy (non-hydrogen) atoms. The van der Waals surface area contributed by atoms with Gasteiger partial charge in [0.1, 0.15) is 5.60 Å². The standard InChI is InChI=1S/C14H23INO2/c1-13(2,3)18-12(17)16-9-8-14(10-16)6-4-11(15)5-7-14/h9,11H,4-8,10H2,1-3H3/q+1. The van der Waals surface area contributed by atoms with Crippen LogP contribution in [-0.2, 0) is 4.74 Å². The zero-order valence-corrected chi connectivity index (χ0v) is 13.7. The molecule has 1 saturated carbocycles. The molecule has 0 N–H and O–H groups in total. The maximum Gasteiger partial charge on any atom is 0.596 e. The molecule has 0 aromatic carbocycles. The summed E-state index contributed by atoms with van der Waals surface area (Å²) in [5, 5.41) is 0. The quantitative estimate of drug-likeness (QED) is 0.372. The van der Waals surface area contributed by atoms with Crippen molar-refractivity contribution >= 4 is 34.9 Å². The molecule has 0 atom stereocenters. The molecular weight excluding hydrogens is 341 g/mol. The van der Waals surface area contributed by atoms with Gasteiger partial charge < -0.3 is 4.74 Å². The monoisotopic (exact) mass is 364 g/mol. The summed E-state index contributed by atoms with van der Waals surface area (Å²) in [5.74, 6) is 0. The first-order valence-corrected chi connectivity index (χ1v) is 8.01. The van der Waals surface area contributed by atoms with Gasteiger partial charge in [-0.25, -0.2) is 0 Å². The maximum absolute atomic E-state index is 12.0. The third kappa shape index (κ3) is 3.45. The fourth-order valence-corrected chi connectivity index (χ4v) is 3.43. The zero-order valence-electron chi connectivity index (χ0n) is 11.5. The van der Waals surface area contributed by atoms with Crippen LogP contribution in [0.1, 0.15) is 52.9 Å². The fraction of sp³-hybridized carbons (Fsp3) is 0.857. The summed E-state index contributed by atoms with van der Waals surface area (Å²) in [6, 6.07) is 0. The minimum Gasteiger partial charge on any atom is -0.406 e. The van der Waals surface area contributed by atoms with Gasteiger partial charge in [-0.1, -0.05) is 22.6 Å². The van der Waals surface area contributed by atoms with Gasteiger partial charge >= 0.3 is 6.09 Å². The molecule has 102 valence electrons. The highest BCUT2D eigenvalue weighted by molar-refractivity contribution is 14.1. The predicted octanol–water partition coefficient (Wildman–Crippen LogP) is 3.77. The molecule has 1 spiro atoms. The van der Waals surface area contributed by atoms with Crippen molar-refractivity contribution in [1.82, 2.24) is 0 Å². The molecule has 0 aromatic heterocycles. The van der Waals surface area contributed by atoms with E-state index in [2.05, 4.69) is 22.6 Å². The van der Waals surface area contributed by atoms with Crippen LogP contribution in [0.2, 0.25) is 0 Å². The Bertz CT molecular complexity index is 362. The second kappa shape index (κ2) is 5.10. The first-order chi connectivity index (χ1) is 8.30. The number of nitrogens with zero attached hydrogens (tertiary/aromatic N) is 1. The Morgan fingerprint density at radius 3 is 2.56 bits per heavy atom. The van der Waals surface area contributed by atoms with Crippen molar-refractivity contribution in [1.29, 1.82) is 0 Å². The largest absolute Gasteiger partial charge is 0.596 e. The van der Waals surface area contributed by atoms with Gasteiger partial charge in [-0.2, -0.15) is 4.79 Å². The zero-order chi connectivity index (χ0) is 13.4. The van der Waals surface area contributed by atoms with E-state index >= 15 is 0 Å². The third-order valence-electron chi connectivity index (χ3n) is 3.85. The van der Waals surface area contributed by atoms with Crippen LogP contribution in [0.15, 0.2) is 0 Å². The number of hydrogen-bond acceptors (Lipinski definition) is 2. The van der Waals surface area contributed by atoms with E-state index in [1.54, 1.807) is 4.58 Å². The first-order valence-electron chi connectivity index (χ1n) is 6.77. The number of amides is 1. The van der Waals surface area contributed by atoms with Crippen molar-refractivity contribution in [3.05, 3.63) is 0 Å². The van der Waals surface area contributed by atoms with E-state index in [9.17, 15) is 4.79 Å². The molecule has 1 aliphatic carbocycles. The highest BCUT2D eigenvalue weighted by atomic mass is 127. The molecule has 3 nitrogen and oxygen atoms in total. The Morgan fingerprint density at radius 2 is 2.00 bits per heavy atom. The van der Waals surface area contributed by atoms with Crippen molar-refractivity contribution in [2.24, 2.45) is 5.41 Å². The average Bonchev–Trinajstić information content (AvgIpc) is 2.65. The molecule has 0 saturated heterocycles. The molecule has 1 fully saturated rings. The molecule has 0 unspecified atom stereocenters. The van der Waals surface area contributed by atoms with Crippen LogP contribution < -0.4 is 0 Å². The highest BCUT2D eigenvalue weighted by Crippen LogP contribution is 2.43. The lowest BCUT2D eigenvalue weighted by Crippen LogP contribution is -2.35. The number of rotatable bonds is 0. The third-order valence-corrected chi connectivity index (χ3v) is 5.10. The van der Waals surface area contributed by atoms with Gasteiger partial charge in [0, 0.05) is 15.8 Å². The molecule has 0 aromatic rings. The summed E-state index contributed by atoms with van der Waals surface area (Å²) in [4.78, 5) is 12.0. The second-order valence-corrected chi connectivity index (χ2v) is 8.43. The Kier molecular flexibility index (Phi) is 4.04. The van der Waals surface area contributed by atoms with E-state index in [0.717, 1.165) is 16.9 Å².